The number of carbonyl (C=O) groups is 2. The van der Waals surface area contributed by atoms with E-state index in [0.717, 1.165) is 38.9 Å². The molecule has 0 aliphatic carbocycles. The second kappa shape index (κ2) is 24.0. The van der Waals surface area contributed by atoms with Crippen molar-refractivity contribution < 1.29 is 38.7 Å². The van der Waals surface area contributed by atoms with Gasteiger partial charge in [-0.3, -0.25) is 19.6 Å². The van der Waals surface area contributed by atoms with Crippen LogP contribution in [-0.4, -0.2) is 38.7 Å². The zero-order valence-electron chi connectivity index (χ0n) is 38.1. The molecule has 2 aromatic heterocycles. The molecule has 350 valence electrons. The molecule has 2 atom stereocenters. The number of rotatable bonds is 23. The Kier molecular flexibility index (Phi) is 17.8. The lowest BCUT2D eigenvalue weighted by Gasteiger charge is -2.19. The quantitative estimate of drug-likeness (QED) is 0.0549. The third kappa shape index (κ3) is 13.5. The van der Waals surface area contributed by atoms with Crippen molar-refractivity contribution >= 4 is 35.1 Å². The summed E-state index contributed by atoms with van der Waals surface area (Å²) in [6, 6.07) is 26.7. The number of hydrogen-bond acceptors (Lipinski definition) is 11. The van der Waals surface area contributed by atoms with Crippen molar-refractivity contribution in [2.75, 3.05) is 6.54 Å². The highest BCUT2D eigenvalue weighted by atomic mass is 35.5. The second-order valence-corrected chi connectivity index (χ2v) is 17.3. The highest BCUT2D eigenvalue weighted by Gasteiger charge is 2.19. The van der Waals surface area contributed by atoms with Crippen molar-refractivity contribution in [3.8, 4) is 46.3 Å². The number of aryl methyl sites for hydroxylation is 1. The van der Waals surface area contributed by atoms with Gasteiger partial charge < -0.3 is 34.5 Å². The van der Waals surface area contributed by atoms with E-state index in [1.165, 1.54) is 12.4 Å². The fourth-order valence-corrected chi connectivity index (χ4v) is 7.84. The number of nitrogens with zero attached hydrogens (tertiary/aromatic N) is 4. The van der Waals surface area contributed by atoms with Crippen LogP contribution in [0.1, 0.15) is 82.3 Å². The van der Waals surface area contributed by atoms with Crippen molar-refractivity contribution in [1.29, 1.82) is 10.5 Å². The number of halogens is 2. The number of aromatic nitrogens is 2. The first-order valence-electron chi connectivity index (χ1n) is 21.9. The summed E-state index contributed by atoms with van der Waals surface area (Å²) in [6.07, 6.45) is 7.85. The zero-order valence-corrected chi connectivity index (χ0v) is 39.7. The van der Waals surface area contributed by atoms with Crippen LogP contribution < -0.4 is 24.3 Å². The summed E-state index contributed by atoms with van der Waals surface area (Å²) in [5, 5.41) is 41.4. The molecule has 0 bridgehead atoms. The molecule has 6 rings (SSSR count). The third-order valence-electron chi connectivity index (χ3n) is 11.5. The molecular formula is C53H51Cl2N5O8. The minimum atomic E-state index is -0.906. The van der Waals surface area contributed by atoms with Crippen LogP contribution in [0.4, 0.5) is 0 Å². The summed E-state index contributed by atoms with van der Waals surface area (Å²) in [7, 11) is 0. The largest absolute Gasteiger partial charge is 0.488 e. The number of benzene rings is 4. The van der Waals surface area contributed by atoms with E-state index in [9.17, 15) is 30.3 Å². The molecule has 13 nitrogen and oxygen atoms in total. The summed E-state index contributed by atoms with van der Waals surface area (Å²) < 4.78 is 25.3. The van der Waals surface area contributed by atoms with Crippen molar-refractivity contribution in [3.05, 3.63) is 163 Å². The van der Waals surface area contributed by atoms with Gasteiger partial charge in [-0.15, -0.1) is 0 Å². The van der Waals surface area contributed by atoms with E-state index in [2.05, 4.69) is 39.6 Å². The molecule has 0 saturated heterocycles. The molecule has 0 amide bonds. The van der Waals surface area contributed by atoms with Gasteiger partial charge in [-0.25, -0.2) is 0 Å². The Bertz CT molecular complexity index is 2670. The van der Waals surface area contributed by atoms with E-state index >= 15 is 0 Å². The summed E-state index contributed by atoms with van der Waals surface area (Å²) >= 11 is 13.6. The SMILES string of the molecule is Cc1c(COc2cc(OCc3cncc(C#N)c3)c(CCC[C@H](C)C(=O)O)cc2Cl)cccc1-c1cccc(COc2cc(OCc3cncc(C#N)c3)c(CNC[C@H](C)C(=O)O)cc2Cl)c1C. The molecule has 15 heteroatoms. The van der Waals surface area contributed by atoms with Gasteiger partial charge in [0.15, 0.2) is 0 Å². The Morgan fingerprint density at radius 1 is 0.632 bits per heavy atom. The molecule has 0 fully saturated rings. The monoisotopic (exact) mass is 955 g/mol. The predicted molar refractivity (Wildman–Crippen MR) is 258 cm³/mol. The van der Waals surface area contributed by atoms with E-state index in [1.807, 2.05) is 38.1 Å². The van der Waals surface area contributed by atoms with Crippen molar-refractivity contribution in [2.45, 2.75) is 79.9 Å². The average Bonchev–Trinajstić information content (AvgIpc) is 3.33. The molecular weight excluding hydrogens is 906 g/mol. The van der Waals surface area contributed by atoms with Crippen LogP contribution in [0.25, 0.3) is 11.1 Å². The molecule has 3 N–H and O–H groups in total. The number of hydrogen-bond donors (Lipinski definition) is 3. The van der Waals surface area contributed by atoms with E-state index in [4.69, 9.17) is 42.1 Å². The van der Waals surface area contributed by atoms with Gasteiger partial charge in [0.25, 0.3) is 0 Å². The van der Waals surface area contributed by atoms with Crippen molar-refractivity contribution in [2.24, 2.45) is 11.8 Å². The first-order chi connectivity index (χ1) is 32.7. The maximum absolute atomic E-state index is 11.5. The smallest absolute Gasteiger partial charge is 0.307 e. The van der Waals surface area contributed by atoms with Crippen LogP contribution >= 0.6 is 23.2 Å². The fourth-order valence-electron chi connectivity index (χ4n) is 7.36. The minimum absolute atomic E-state index is 0.122. The maximum atomic E-state index is 11.5. The Labute approximate surface area is 405 Å². The molecule has 0 aliphatic heterocycles. The van der Waals surface area contributed by atoms with Crippen LogP contribution in [0.15, 0.2) is 97.6 Å². The number of ether oxygens (including phenoxy) is 4. The van der Waals surface area contributed by atoms with Crippen LogP contribution in [-0.2, 0) is 49.0 Å². The van der Waals surface area contributed by atoms with E-state index < -0.39 is 23.8 Å². The molecule has 0 radical (unpaired) electrons. The van der Waals surface area contributed by atoms with Gasteiger partial charge in [0.1, 0.15) is 61.6 Å². The lowest BCUT2D eigenvalue weighted by molar-refractivity contribution is -0.142. The van der Waals surface area contributed by atoms with E-state index in [0.29, 0.717) is 80.1 Å². The van der Waals surface area contributed by atoms with Gasteiger partial charge in [-0.05, 0) is 96.3 Å². The Morgan fingerprint density at radius 3 is 1.59 bits per heavy atom. The number of pyridine rings is 2. The Morgan fingerprint density at radius 2 is 1.10 bits per heavy atom. The number of carboxylic acid groups (broad SMARTS) is 2. The molecule has 68 heavy (non-hydrogen) atoms. The highest BCUT2D eigenvalue weighted by molar-refractivity contribution is 6.32. The molecule has 0 spiro atoms. The van der Waals surface area contributed by atoms with Crippen LogP contribution in [0.5, 0.6) is 23.0 Å². The van der Waals surface area contributed by atoms with Gasteiger partial charge >= 0.3 is 11.9 Å². The standard InChI is InChI=1S/C53H51Cl2N5O8/c1-32(52(61)62)8-5-9-40-16-46(54)50(18-48(40)65-28-38-14-36(20-56)23-59-25-38)67-30-41-10-6-12-44(34(41)3)45-13-7-11-42(35(45)4)31-68-51-19-49(66-29-39-15-37(21-57)24-60-26-39)43(17-47(51)55)27-58-22-33(2)53(63)64/h6-7,10-19,23-26,32-33,58H,5,8-9,22,27-31H2,1-4H3,(H,61,62)(H,63,64)/t32-,33-/m0/s1. The van der Waals surface area contributed by atoms with Gasteiger partial charge in [-0.1, -0.05) is 73.4 Å². The number of nitriles is 2. The van der Waals surface area contributed by atoms with Gasteiger partial charge in [0.05, 0.1) is 33.0 Å². The lowest BCUT2D eigenvalue weighted by atomic mass is 9.92. The molecule has 4 aromatic carbocycles. The fraction of sp³-hybridized carbons (Fsp3) is 0.283. The summed E-state index contributed by atoms with van der Waals surface area (Å²) in [6.45, 7) is 8.59. The van der Waals surface area contributed by atoms with E-state index in [1.54, 1.807) is 62.6 Å². The predicted octanol–water partition coefficient (Wildman–Crippen LogP) is 11.0. The molecule has 0 saturated carbocycles. The molecule has 0 unspecified atom stereocenters. The normalized spacial score (nSPS) is 11.8. The van der Waals surface area contributed by atoms with Gasteiger partial charge in [0.2, 0.25) is 0 Å². The first kappa shape index (κ1) is 50.3. The van der Waals surface area contributed by atoms with Crippen LogP contribution in [0.3, 0.4) is 0 Å². The van der Waals surface area contributed by atoms with Gasteiger partial charge in [0, 0.05) is 66.7 Å². The number of nitrogens with one attached hydrogen (secondary N) is 1. The number of aliphatic carboxylic acids is 2. The molecule has 0 aliphatic rings. The van der Waals surface area contributed by atoms with Crippen LogP contribution in [0, 0.1) is 48.3 Å². The van der Waals surface area contributed by atoms with Crippen molar-refractivity contribution in [1.82, 2.24) is 15.3 Å². The lowest BCUT2D eigenvalue weighted by Crippen LogP contribution is -2.26. The second-order valence-electron chi connectivity index (χ2n) is 16.5. The average molecular weight is 957 g/mol. The van der Waals surface area contributed by atoms with Gasteiger partial charge in [-0.2, -0.15) is 10.5 Å². The zero-order chi connectivity index (χ0) is 48.7. The van der Waals surface area contributed by atoms with Crippen molar-refractivity contribution in [3.63, 3.8) is 0 Å². The summed E-state index contributed by atoms with van der Waals surface area (Å²) in [4.78, 5) is 31.1. The Balaban J connectivity index is 1.19. The number of carboxylic acids is 2. The third-order valence-corrected chi connectivity index (χ3v) is 12.1. The van der Waals surface area contributed by atoms with Crippen LogP contribution in [0.2, 0.25) is 10.0 Å². The topological polar surface area (TPSA) is 197 Å². The molecule has 2 heterocycles. The summed E-state index contributed by atoms with van der Waals surface area (Å²) in [5.74, 6) is -1.01. The maximum Gasteiger partial charge on any atom is 0.307 e. The molecule has 6 aromatic rings. The van der Waals surface area contributed by atoms with E-state index in [-0.39, 0.29) is 39.5 Å². The minimum Gasteiger partial charge on any atom is -0.488 e. The highest BCUT2D eigenvalue weighted by Crippen LogP contribution is 2.38. The Hall–Kier alpha value is -7.16. The first-order valence-corrected chi connectivity index (χ1v) is 22.7. The summed E-state index contributed by atoms with van der Waals surface area (Å²) in [5.41, 5.74) is 9.66.